The molecule has 2 aliphatic heterocycles. The van der Waals surface area contributed by atoms with Crippen LogP contribution in [0, 0.1) is 6.92 Å². The molecule has 7 rings (SSSR count). The Balaban J connectivity index is 1.26. The van der Waals surface area contributed by atoms with E-state index >= 15 is 0 Å². The van der Waals surface area contributed by atoms with Crippen LogP contribution in [0.3, 0.4) is 0 Å². The molecule has 0 bridgehead atoms. The second-order valence-corrected chi connectivity index (χ2v) is 14.4. The number of hydrogen-bond acceptors (Lipinski definition) is 9. The summed E-state index contributed by atoms with van der Waals surface area (Å²) >= 11 is 0. The lowest BCUT2D eigenvalue weighted by molar-refractivity contribution is -0.286. The van der Waals surface area contributed by atoms with E-state index in [-0.39, 0.29) is 33.7 Å². The third-order valence-electron chi connectivity index (χ3n) is 8.01. The van der Waals surface area contributed by atoms with Gasteiger partial charge in [0.2, 0.25) is 0 Å². The summed E-state index contributed by atoms with van der Waals surface area (Å²) in [5.41, 5.74) is 2.22. The van der Waals surface area contributed by atoms with Crippen LogP contribution in [-0.4, -0.2) is 76.3 Å². The van der Waals surface area contributed by atoms with Gasteiger partial charge in [-0.15, -0.1) is 8.78 Å². The van der Waals surface area contributed by atoms with Crippen molar-refractivity contribution in [3.63, 3.8) is 0 Å². The van der Waals surface area contributed by atoms with Crippen LogP contribution in [-0.2, 0) is 14.8 Å². The van der Waals surface area contributed by atoms with Gasteiger partial charge in [0.05, 0.1) is 30.4 Å². The number of carbonyl (C=O) groups is 1. The molecule has 5 aromatic rings. The molecule has 0 saturated carbocycles. The van der Waals surface area contributed by atoms with Gasteiger partial charge in [0.25, 0.3) is 10.0 Å². The number of ether oxygens (including phenoxy) is 3. The molecule has 1 amide bonds. The highest BCUT2D eigenvalue weighted by Gasteiger charge is 2.45. The third kappa shape index (κ3) is 5.78. The monoisotopic (exact) mass is 678 g/mol. The number of alkyl halides is 2. The Morgan fingerprint density at radius 2 is 1.67 bits per heavy atom. The van der Waals surface area contributed by atoms with Gasteiger partial charge in [0, 0.05) is 53.1 Å². The molecule has 15 heteroatoms. The molecule has 48 heavy (non-hydrogen) atoms. The molecule has 0 N–H and O–H groups in total. The van der Waals surface area contributed by atoms with E-state index in [1.165, 1.54) is 36.7 Å². The van der Waals surface area contributed by atoms with Crippen LogP contribution >= 0.6 is 0 Å². The molecule has 250 valence electrons. The molecule has 1 saturated heterocycles. The van der Waals surface area contributed by atoms with E-state index in [1.54, 1.807) is 40.2 Å². The zero-order valence-corrected chi connectivity index (χ0v) is 27.4. The lowest BCUT2D eigenvalue weighted by Gasteiger charge is -2.36. The van der Waals surface area contributed by atoms with Crippen LogP contribution < -0.4 is 14.5 Å². The van der Waals surface area contributed by atoms with Crippen molar-refractivity contribution in [3.8, 4) is 33.8 Å². The van der Waals surface area contributed by atoms with Gasteiger partial charge in [-0.1, -0.05) is 29.8 Å². The number of halogens is 2. The summed E-state index contributed by atoms with van der Waals surface area (Å²) in [7, 11) is -4.14. The van der Waals surface area contributed by atoms with Crippen LogP contribution in [0.2, 0.25) is 0 Å². The predicted octanol–water partition coefficient (Wildman–Crippen LogP) is 5.62. The lowest BCUT2D eigenvalue weighted by Crippen LogP contribution is -2.53. The number of fused-ring (bicyclic) bond motifs is 2. The van der Waals surface area contributed by atoms with E-state index in [1.807, 2.05) is 38.9 Å². The number of para-hydroxylation sites is 1. The van der Waals surface area contributed by atoms with Gasteiger partial charge in [-0.3, -0.25) is 5.01 Å². The van der Waals surface area contributed by atoms with Crippen LogP contribution in [0.1, 0.15) is 26.3 Å². The second-order valence-electron chi connectivity index (χ2n) is 12.6. The number of pyridine rings is 1. The van der Waals surface area contributed by atoms with Gasteiger partial charge in [-0.05, 0) is 52.0 Å². The van der Waals surface area contributed by atoms with Crippen molar-refractivity contribution in [3.05, 3.63) is 78.9 Å². The predicted molar refractivity (Wildman–Crippen MR) is 172 cm³/mol. The molecule has 0 atom stereocenters. The number of amides is 1. The van der Waals surface area contributed by atoms with E-state index in [4.69, 9.17) is 9.47 Å². The zero-order chi connectivity index (χ0) is 34.0. The minimum atomic E-state index is -4.14. The maximum absolute atomic E-state index is 14.2. The summed E-state index contributed by atoms with van der Waals surface area (Å²) in [6, 6.07) is 12.6. The summed E-state index contributed by atoms with van der Waals surface area (Å²) in [5, 5.41) is 6.89. The van der Waals surface area contributed by atoms with Gasteiger partial charge in [-0.25, -0.2) is 22.2 Å². The molecular formula is C33H32F2N6O6S. The first kappa shape index (κ1) is 31.4. The minimum absolute atomic E-state index is 0.0416. The summed E-state index contributed by atoms with van der Waals surface area (Å²) < 4.78 is 72.2. The van der Waals surface area contributed by atoms with Crippen molar-refractivity contribution in [1.82, 2.24) is 23.7 Å². The standard InChI is InChI=1S/C33H32F2N6O6S/c1-21-8-10-24(11-9-21)48(43,44)40-20-27(25-6-5-7-28-29(25)46-33(34,35)45-28)26-16-22(17-36-30(26)40)23-18-37-41(19-23)39-14-12-38(13-15-39)31(42)47-32(2,3)4/h5-11,16-20H,12-15H2,1-4H3. The maximum atomic E-state index is 14.2. The number of benzene rings is 2. The lowest BCUT2D eigenvalue weighted by atomic mass is 10.0. The molecular weight excluding hydrogens is 646 g/mol. The second kappa shape index (κ2) is 11.2. The van der Waals surface area contributed by atoms with Gasteiger partial charge >= 0.3 is 12.4 Å². The highest BCUT2D eigenvalue weighted by Crippen LogP contribution is 2.49. The largest absolute Gasteiger partial charge is 0.586 e. The Bertz CT molecular complexity index is 2150. The molecule has 5 heterocycles. The minimum Gasteiger partial charge on any atom is -0.444 e. The van der Waals surface area contributed by atoms with Crippen LogP contribution in [0.4, 0.5) is 13.6 Å². The van der Waals surface area contributed by atoms with E-state index in [9.17, 15) is 22.0 Å². The Kier molecular flexibility index (Phi) is 7.34. The van der Waals surface area contributed by atoms with E-state index < -0.39 is 21.9 Å². The summed E-state index contributed by atoms with van der Waals surface area (Å²) in [4.78, 5) is 20.5. The third-order valence-corrected chi connectivity index (χ3v) is 9.67. The molecule has 0 aliphatic carbocycles. The van der Waals surface area contributed by atoms with Crippen molar-refractivity contribution in [2.45, 2.75) is 44.5 Å². The number of rotatable bonds is 5. The fourth-order valence-electron chi connectivity index (χ4n) is 5.67. The van der Waals surface area contributed by atoms with Crippen molar-refractivity contribution in [2.75, 3.05) is 31.2 Å². The molecule has 12 nitrogen and oxygen atoms in total. The Morgan fingerprint density at radius 1 is 0.938 bits per heavy atom. The average molecular weight is 679 g/mol. The molecule has 0 unspecified atom stereocenters. The number of piperazine rings is 1. The molecule has 0 spiro atoms. The van der Waals surface area contributed by atoms with Gasteiger partial charge < -0.3 is 19.1 Å². The van der Waals surface area contributed by atoms with Crippen molar-refractivity contribution in [1.29, 1.82) is 0 Å². The van der Waals surface area contributed by atoms with Crippen LogP contribution in [0.15, 0.2) is 78.2 Å². The number of aromatic nitrogens is 4. The molecule has 1 fully saturated rings. The first-order chi connectivity index (χ1) is 22.7. The fourth-order valence-corrected chi connectivity index (χ4v) is 6.99. The first-order valence-electron chi connectivity index (χ1n) is 15.2. The quantitative estimate of drug-likeness (QED) is 0.233. The number of nitrogens with zero attached hydrogens (tertiary/aromatic N) is 6. The fraction of sp³-hybridized carbons (Fsp3) is 0.303. The highest BCUT2D eigenvalue weighted by molar-refractivity contribution is 7.90. The number of aryl methyl sites for hydroxylation is 1. The van der Waals surface area contributed by atoms with Crippen LogP contribution in [0.25, 0.3) is 33.3 Å². The maximum Gasteiger partial charge on any atom is 0.586 e. The Morgan fingerprint density at radius 3 is 2.38 bits per heavy atom. The number of carbonyl (C=O) groups excluding carboxylic acids is 1. The zero-order valence-electron chi connectivity index (χ0n) is 26.6. The van der Waals surface area contributed by atoms with Gasteiger partial charge in [0.1, 0.15) is 5.60 Å². The Hall–Kier alpha value is -5.18. The highest BCUT2D eigenvalue weighted by atomic mass is 32.2. The Labute approximate surface area is 275 Å². The number of hydrogen-bond donors (Lipinski definition) is 0. The summed E-state index contributed by atoms with van der Waals surface area (Å²) in [5.74, 6) is -0.380. The average Bonchev–Trinajstić information content (AvgIpc) is 3.75. The SMILES string of the molecule is Cc1ccc(S(=O)(=O)n2cc(-c3cccc4c3OC(F)(F)O4)c3cc(-c4cnn(N5CCN(C(=O)OC(C)(C)C)CC5)c4)cnc32)cc1. The molecule has 2 aliphatic rings. The first-order valence-corrected chi connectivity index (χ1v) is 16.6. The summed E-state index contributed by atoms with van der Waals surface area (Å²) in [6.07, 6.45) is 2.13. The van der Waals surface area contributed by atoms with E-state index in [0.717, 1.165) is 9.54 Å². The van der Waals surface area contributed by atoms with Crippen LogP contribution in [0.5, 0.6) is 11.5 Å². The van der Waals surface area contributed by atoms with Crippen molar-refractivity contribution < 1.29 is 36.2 Å². The normalized spacial score (nSPS) is 16.0. The molecule has 0 radical (unpaired) electrons. The smallest absolute Gasteiger partial charge is 0.444 e. The molecule has 2 aromatic carbocycles. The van der Waals surface area contributed by atoms with Crippen molar-refractivity contribution >= 4 is 27.1 Å². The van der Waals surface area contributed by atoms with E-state index in [2.05, 4.69) is 14.8 Å². The van der Waals surface area contributed by atoms with Crippen molar-refractivity contribution in [2.24, 2.45) is 0 Å². The van der Waals surface area contributed by atoms with E-state index in [0.29, 0.717) is 48.3 Å². The summed E-state index contributed by atoms with van der Waals surface area (Å²) in [6.45, 7) is 9.28. The molecule has 3 aromatic heterocycles. The van der Waals surface area contributed by atoms with Gasteiger partial charge in [0.15, 0.2) is 17.1 Å². The van der Waals surface area contributed by atoms with Gasteiger partial charge in [-0.2, -0.15) is 9.89 Å². The topological polar surface area (TPSA) is 121 Å².